The average molecular weight is 413 g/mol. The van der Waals surface area contributed by atoms with E-state index in [1.807, 2.05) is 13.8 Å². The van der Waals surface area contributed by atoms with Crippen molar-refractivity contribution in [2.24, 2.45) is 4.99 Å². The average Bonchev–Trinajstić information content (AvgIpc) is 2.99. The molecule has 2 aliphatic heterocycles. The molecule has 156 valence electrons. The summed E-state index contributed by atoms with van der Waals surface area (Å²) >= 11 is 0. The number of aliphatic imine (C=N–C) groups is 1. The van der Waals surface area contributed by atoms with Gasteiger partial charge in [0, 0.05) is 26.2 Å². The molecular weight excluding hydrogens is 383 g/mol. The molecule has 0 aliphatic carbocycles. The standard InChI is InChI=1S/C19H29FN4O3S/c1-3-21-19(22-9-11-24-10-4-12-28(24,25)26)23-13-15(2)27-18(14-23)16-5-7-17(20)8-6-16/h5-8,15,18H,3-4,9-14H2,1-2H3,(H,21,22). The van der Waals surface area contributed by atoms with Crippen LogP contribution in [0, 0.1) is 5.82 Å². The van der Waals surface area contributed by atoms with Crippen LogP contribution in [0.25, 0.3) is 0 Å². The summed E-state index contributed by atoms with van der Waals surface area (Å²) < 4.78 is 44.7. The molecule has 9 heteroatoms. The molecular formula is C19H29FN4O3S. The highest BCUT2D eigenvalue weighted by molar-refractivity contribution is 7.89. The van der Waals surface area contributed by atoms with Crippen molar-refractivity contribution in [3.63, 3.8) is 0 Å². The van der Waals surface area contributed by atoms with Gasteiger partial charge in [0.2, 0.25) is 10.0 Å². The van der Waals surface area contributed by atoms with E-state index in [-0.39, 0.29) is 23.8 Å². The first-order chi connectivity index (χ1) is 13.4. The number of morpholine rings is 1. The lowest BCUT2D eigenvalue weighted by Crippen LogP contribution is -2.51. The van der Waals surface area contributed by atoms with Gasteiger partial charge < -0.3 is 15.0 Å². The van der Waals surface area contributed by atoms with Crippen molar-refractivity contribution in [3.8, 4) is 0 Å². The summed E-state index contributed by atoms with van der Waals surface area (Å²) in [7, 11) is -3.10. The van der Waals surface area contributed by atoms with Gasteiger partial charge in [-0.2, -0.15) is 0 Å². The minimum Gasteiger partial charge on any atom is -0.367 e. The van der Waals surface area contributed by atoms with Gasteiger partial charge in [-0.25, -0.2) is 17.1 Å². The second kappa shape index (κ2) is 9.19. The van der Waals surface area contributed by atoms with Crippen molar-refractivity contribution in [1.29, 1.82) is 0 Å². The van der Waals surface area contributed by atoms with Crippen LogP contribution in [0.5, 0.6) is 0 Å². The first kappa shape index (κ1) is 21.0. The van der Waals surface area contributed by atoms with Gasteiger partial charge in [0.25, 0.3) is 0 Å². The Hall–Kier alpha value is -1.71. The van der Waals surface area contributed by atoms with Gasteiger partial charge in [-0.3, -0.25) is 4.99 Å². The van der Waals surface area contributed by atoms with Crippen LogP contribution in [0.15, 0.2) is 29.3 Å². The number of rotatable bonds is 5. The molecule has 2 atom stereocenters. The third-order valence-electron chi connectivity index (χ3n) is 4.95. The summed E-state index contributed by atoms with van der Waals surface area (Å²) in [4.78, 5) is 6.78. The maximum atomic E-state index is 13.2. The van der Waals surface area contributed by atoms with Crippen LogP contribution in [-0.2, 0) is 14.8 Å². The summed E-state index contributed by atoms with van der Waals surface area (Å²) in [5.41, 5.74) is 0.928. The van der Waals surface area contributed by atoms with E-state index in [0.29, 0.717) is 45.7 Å². The Bertz CT molecular complexity index is 785. The number of ether oxygens (including phenoxy) is 1. The summed E-state index contributed by atoms with van der Waals surface area (Å²) in [5.74, 6) is 0.717. The predicted octanol–water partition coefficient (Wildman–Crippen LogP) is 1.59. The quantitative estimate of drug-likeness (QED) is 0.587. The van der Waals surface area contributed by atoms with E-state index in [0.717, 1.165) is 11.5 Å². The van der Waals surface area contributed by atoms with Crippen LogP contribution in [0.4, 0.5) is 4.39 Å². The van der Waals surface area contributed by atoms with Crippen LogP contribution < -0.4 is 5.32 Å². The van der Waals surface area contributed by atoms with E-state index in [2.05, 4.69) is 15.2 Å². The molecule has 2 unspecified atom stereocenters. The van der Waals surface area contributed by atoms with E-state index in [1.54, 1.807) is 12.1 Å². The third kappa shape index (κ3) is 5.21. The third-order valence-corrected chi connectivity index (χ3v) is 6.91. The molecule has 0 radical (unpaired) electrons. The Balaban J connectivity index is 1.68. The van der Waals surface area contributed by atoms with Crippen molar-refractivity contribution >= 4 is 16.0 Å². The minimum atomic E-state index is -3.10. The molecule has 0 saturated carbocycles. The molecule has 0 bridgehead atoms. The Kier molecular flexibility index (Phi) is 6.90. The minimum absolute atomic E-state index is 0.00776. The zero-order valence-corrected chi connectivity index (χ0v) is 17.3. The lowest BCUT2D eigenvalue weighted by atomic mass is 10.1. The van der Waals surface area contributed by atoms with Gasteiger partial charge >= 0.3 is 0 Å². The number of benzene rings is 1. The van der Waals surface area contributed by atoms with Crippen LogP contribution in [0.3, 0.4) is 0 Å². The number of halogens is 1. The summed E-state index contributed by atoms with van der Waals surface area (Å²) in [6.45, 7) is 7.40. The normalized spacial score (nSPS) is 25.8. The maximum Gasteiger partial charge on any atom is 0.214 e. The van der Waals surface area contributed by atoms with E-state index in [1.165, 1.54) is 16.4 Å². The highest BCUT2D eigenvalue weighted by Crippen LogP contribution is 2.25. The summed E-state index contributed by atoms with van der Waals surface area (Å²) in [5, 5.41) is 3.29. The van der Waals surface area contributed by atoms with Gasteiger partial charge in [-0.05, 0) is 38.0 Å². The fraction of sp³-hybridized carbons (Fsp3) is 0.632. The Morgan fingerprint density at radius 2 is 2.07 bits per heavy atom. The van der Waals surface area contributed by atoms with E-state index < -0.39 is 10.0 Å². The Labute approximate surface area is 166 Å². The lowest BCUT2D eigenvalue weighted by Gasteiger charge is -2.38. The molecule has 1 aromatic rings. The molecule has 2 fully saturated rings. The van der Waals surface area contributed by atoms with Crippen molar-refractivity contribution in [1.82, 2.24) is 14.5 Å². The lowest BCUT2D eigenvalue weighted by molar-refractivity contribution is -0.0605. The Morgan fingerprint density at radius 1 is 1.32 bits per heavy atom. The number of sulfonamides is 1. The van der Waals surface area contributed by atoms with E-state index >= 15 is 0 Å². The molecule has 1 N–H and O–H groups in total. The van der Waals surface area contributed by atoms with Crippen LogP contribution in [-0.4, -0.2) is 74.7 Å². The molecule has 2 saturated heterocycles. The molecule has 2 aliphatic rings. The molecule has 3 rings (SSSR count). The molecule has 1 aromatic carbocycles. The highest BCUT2D eigenvalue weighted by Gasteiger charge is 2.29. The summed E-state index contributed by atoms with van der Waals surface area (Å²) in [6.07, 6.45) is 0.505. The van der Waals surface area contributed by atoms with Crippen molar-refractivity contribution < 1.29 is 17.5 Å². The topological polar surface area (TPSA) is 74.2 Å². The zero-order chi connectivity index (χ0) is 20.1. The number of hydrogen-bond donors (Lipinski definition) is 1. The van der Waals surface area contributed by atoms with Crippen molar-refractivity contribution in [2.45, 2.75) is 32.5 Å². The van der Waals surface area contributed by atoms with Gasteiger partial charge in [0.05, 0.1) is 24.9 Å². The SMILES string of the molecule is CCNC(=NCCN1CCCS1(=O)=O)N1CC(C)OC(c2ccc(F)cc2)C1. The fourth-order valence-corrected chi connectivity index (χ4v) is 5.14. The van der Waals surface area contributed by atoms with Crippen molar-refractivity contribution in [3.05, 3.63) is 35.6 Å². The molecule has 7 nitrogen and oxygen atoms in total. The number of hydrogen-bond acceptors (Lipinski definition) is 4. The first-order valence-electron chi connectivity index (χ1n) is 9.81. The summed E-state index contributed by atoms with van der Waals surface area (Å²) in [6, 6.07) is 6.38. The van der Waals surface area contributed by atoms with Crippen molar-refractivity contribution in [2.75, 3.05) is 45.0 Å². The van der Waals surface area contributed by atoms with Gasteiger partial charge in [0.1, 0.15) is 11.9 Å². The molecule has 2 heterocycles. The zero-order valence-electron chi connectivity index (χ0n) is 16.5. The van der Waals surface area contributed by atoms with Crippen LogP contribution >= 0.6 is 0 Å². The smallest absolute Gasteiger partial charge is 0.214 e. The highest BCUT2D eigenvalue weighted by atomic mass is 32.2. The van der Waals surface area contributed by atoms with Gasteiger partial charge in [0.15, 0.2) is 5.96 Å². The number of nitrogens with zero attached hydrogens (tertiary/aromatic N) is 3. The second-order valence-electron chi connectivity index (χ2n) is 7.20. The molecule has 28 heavy (non-hydrogen) atoms. The fourth-order valence-electron chi connectivity index (χ4n) is 3.62. The largest absolute Gasteiger partial charge is 0.367 e. The molecule has 0 aromatic heterocycles. The first-order valence-corrected chi connectivity index (χ1v) is 11.4. The monoisotopic (exact) mass is 412 g/mol. The predicted molar refractivity (Wildman–Crippen MR) is 107 cm³/mol. The number of nitrogens with one attached hydrogen (secondary N) is 1. The van der Waals surface area contributed by atoms with E-state index in [4.69, 9.17) is 4.74 Å². The molecule has 0 spiro atoms. The van der Waals surface area contributed by atoms with Gasteiger partial charge in [-0.15, -0.1) is 0 Å². The second-order valence-corrected chi connectivity index (χ2v) is 9.28. The van der Waals surface area contributed by atoms with E-state index in [9.17, 15) is 12.8 Å². The van der Waals surface area contributed by atoms with Gasteiger partial charge in [-0.1, -0.05) is 12.1 Å². The number of guanidine groups is 1. The maximum absolute atomic E-state index is 13.2. The Morgan fingerprint density at radius 3 is 2.71 bits per heavy atom. The molecule has 0 amide bonds. The van der Waals surface area contributed by atoms with Crippen LogP contribution in [0.2, 0.25) is 0 Å². The van der Waals surface area contributed by atoms with Crippen LogP contribution in [0.1, 0.15) is 31.9 Å².